The van der Waals surface area contributed by atoms with Crippen LogP contribution in [-0.2, 0) is 0 Å². The van der Waals surface area contributed by atoms with E-state index in [4.69, 9.17) is 0 Å². The van der Waals surface area contributed by atoms with Crippen molar-refractivity contribution in [2.24, 2.45) is 0 Å². The van der Waals surface area contributed by atoms with Gasteiger partial charge in [-0.25, -0.2) is 0 Å². The van der Waals surface area contributed by atoms with Crippen LogP contribution in [0.2, 0.25) is 0 Å². The zero-order valence-corrected chi connectivity index (χ0v) is 7.52. The smallest absolute Gasteiger partial charge is 0.271 e. The fourth-order valence-electron chi connectivity index (χ4n) is 1.75. The molecule has 1 saturated heterocycles. The van der Waals surface area contributed by atoms with Gasteiger partial charge in [-0.3, -0.25) is 0 Å². The third-order valence-electron chi connectivity index (χ3n) is 2.58. The van der Waals surface area contributed by atoms with Gasteiger partial charge in [-0.1, -0.05) is 0 Å². The van der Waals surface area contributed by atoms with E-state index in [0.717, 1.165) is 23.6 Å². The largest absolute Gasteiger partial charge is 0.323 e. The Morgan fingerprint density at radius 1 is 1.25 bits per heavy atom. The molecule has 0 unspecified atom stereocenters. The first-order chi connectivity index (χ1) is 5.62. The lowest BCUT2D eigenvalue weighted by atomic mass is 10.1. The molecule has 0 aromatic carbocycles. The molecule has 0 N–H and O–H groups in total. The molecule has 3 heteroatoms. The van der Waals surface area contributed by atoms with Gasteiger partial charge in [0, 0.05) is 6.08 Å². The van der Waals surface area contributed by atoms with Crippen LogP contribution in [0.25, 0.3) is 0 Å². The average Bonchev–Trinajstić information content (AvgIpc) is 2.03. The fraction of sp³-hybridized carbons (Fsp3) is 0.778. The van der Waals surface area contributed by atoms with Crippen molar-refractivity contribution < 1.29 is 13.3 Å². The van der Waals surface area contributed by atoms with Gasteiger partial charge in [0.25, 0.3) is 6.08 Å². The van der Waals surface area contributed by atoms with Gasteiger partial charge in [0.15, 0.2) is 0 Å². The van der Waals surface area contributed by atoms with Gasteiger partial charge >= 0.3 is 0 Å². The maximum Gasteiger partial charge on any atom is 0.271 e. The van der Waals surface area contributed by atoms with Crippen molar-refractivity contribution in [1.82, 2.24) is 0 Å². The van der Waals surface area contributed by atoms with E-state index in [2.05, 4.69) is 7.05 Å². The lowest BCUT2D eigenvalue weighted by Gasteiger charge is -2.36. The van der Waals surface area contributed by atoms with E-state index in [-0.39, 0.29) is 0 Å². The van der Waals surface area contributed by atoms with Crippen LogP contribution < -0.4 is 0 Å². The Morgan fingerprint density at radius 2 is 1.83 bits per heavy atom. The van der Waals surface area contributed by atoms with E-state index >= 15 is 0 Å². The molecule has 70 valence electrons. The average molecular weight is 176 g/mol. The number of likely N-dealkylation sites (tertiary alicyclic amines) is 1. The van der Waals surface area contributed by atoms with Crippen molar-refractivity contribution in [2.75, 3.05) is 26.7 Å². The molecule has 1 aliphatic rings. The molecule has 0 aromatic rings. The van der Waals surface area contributed by atoms with E-state index < -0.39 is 6.08 Å². The Morgan fingerprint density at radius 3 is 2.33 bits per heavy atom. The number of hydrogen-bond donors (Lipinski definition) is 0. The molecule has 1 heterocycles. The third kappa shape index (κ3) is 2.89. The Hall–Kier alpha value is -0.440. The van der Waals surface area contributed by atoms with Gasteiger partial charge in [0.05, 0.1) is 20.1 Å². The predicted molar refractivity (Wildman–Crippen MR) is 44.9 cm³/mol. The van der Waals surface area contributed by atoms with Crippen LogP contribution in [0.15, 0.2) is 12.2 Å². The zero-order valence-electron chi connectivity index (χ0n) is 7.52. The molecule has 0 amide bonds. The zero-order chi connectivity index (χ0) is 9.03. The molecule has 12 heavy (non-hydrogen) atoms. The van der Waals surface area contributed by atoms with Gasteiger partial charge in [0.2, 0.25) is 0 Å². The molecule has 0 atom stereocenters. The van der Waals surface area contributed by atoms with Crippen LogP contribution in [-0.4, -0.2) is 31.2 Å². The summed E-state index contributed by atoms with van der Waals surface area (Å²) in [4.78, 5) is 0. The molecule has 0 bridgehead atoms. The minimum absolute atomic E-state index is 0.488. The summed E-state index contributed by atoms with van der Waals surface area (Å²) in [6.07, 6.45) is 3.12. The maximum absolute atomic E-state index is 11.8. The summed E-state index contributed by atoms with van der Waals surface area (Å²) in [5, 5.41) is 0. The van der Waals surface area contributed by atoms with Crippen LogP contribution in [0.1, 0.15) is 19.3 Å². The summed E-state index contributed by atoms with van der Waals surface area (Å²) in [6, 6.07) is 0. The highest BCUT2D eigenvalue weighted by atomic mass is 19.3. The Balaban J connectivity index is 2.41. The van der Waals surface area contributed by atoms with E-state index in [1.165, 1.54) is 19.3 Å². The highest BCUT2D eigenvalue weighted by Gasteiger charge is 2.23. The van der Waals surface area contributed by atoms with Crippen molar-refractivity contribution in [3.05, 3.63) is 12.2 Å². The topological polar surface area (TPSA) is 0 Å². The summed E-state index contributed by atoms with van der Waals surface area (Å²) in [6.45, 7) is 2.58. The molecule has 1 fully saturated rings. The lowest BCUT2D eigenvalue weighted by Crippen LogP contribution is -2.47. The predicted octanol–water partition coefficient (Wildman–Crippen LogP) is 2.40. The molecule has 1 aliphatic heterocycles. The van der Waals surface area contributed by atoms with E-state index in [0.29, 0.717) is 6.54 Å². The first-order valence-corrected chi connectivity index (χ1v) is 4.47. The van der Waals surface area contributed by atoms with E-state index in [1.54, 1.807) is 0 Å². The van der Waals surface area contributed by atoms with Crippen LogP contribution in [0.3, 0.4) is 0 Å². The Labute approximate surface area is 72.3 Å². The second-order valence-electron chi connectivity index (χ2n) is 3.80. The highest BCUT2D eigenvalue weighted by Crippen LogP contribution is 2.16. The molecular weight excluding hydrogens is 160 g/mol. The standard InChI is InChI=1S/C9H16F2N/c1-12(8-5-9(10)11)6-3-2-4-7-12/h5H,2-4,6-8H2,1H3/q+1. The Bertz CT molecular complexity index is 167. The number of quaternary nitrogens is 1. The lowest BCUT2D eigenvalue weighted by molar-refractivity contribution is -0.908. The number of nitrogens with zero attached hydrogens (tertiary/aromatic N) is 1. The van der Waals surface area contributed by atoms with Gasteiger partial charge in [-0.05, 0) is 19.3 Å². The molecule has 0 saturated carbocycles. The molecule has 1 nitrogen and oxygen atoms in total. The van der Waals surface area contributed by atoms with Gasteiger partial charge in [0.1, 0.15) is 6.54 Å². The summed E-state index contributed by atoms with van der Waals surface area (Å²) < 4.78 is 24.4. The monoisotopic (exact) mass is 176 g/mol. The van der Waals surface area contributed by atoms with Crippen molar-refractivity contribution in [1.29, 1.82) is 0 Å². The first-order valence-electron chi connectivity index (χ1n) is 4.47. The number of rotatable bonds is 2. The number of halogens is 2. The van der Waals surface area contributed by atoms with Crippen LogP contribution in [0.5, 0.6) is 0 Å². The van der Waals surface area contributed by atoms with E-state index in [1.807, 2.05) is 0 Å². The van der Waals surface area contributed by atoms with Gasteiger partial charge in [-0.2, -0.15) is 8.78 Å². The van der Waals surface area contributed by atoms with Crippen LogP contribution in [0.4, 0.5) is 8.78 Å². The maximum atomic E-state index is 11.8. The molecule has 0 radical (unpaired) electrons. The van der Waals surface area contributed by atoms with Crippen LogP contribution in [0, 0.1) is 0 Å². The summed E-state index contributed by atoms with van der Waals surface area (Å²) in [7, 11) is 2.05. The second-order valence-corrected chi connectivity index (χ2v) is 3.80. The molecule has 0 spiro atoms. The SMILES string of the molecule is C[N+]1(CC=C(F)F)CCCCC1. The molecular formula is C9H16F2N+. The molecule has 1 rings (SSSR count). The summed E-state index contributed by atoms with van der Waals surface area (Å²) in [5.41, 5.74) is 0. The Kier molecular flexibility index (Phi) is 3.20. The summed E-state index contributed by atoms with van der Waals surface area (Å²) in [5.74, 6) is 0. The van der Waals surface area contributed by atoms with Crippen molar-refractivity contribution in [3.8, 4) is 0 Å². The second kappa shape index (κ2) is 3.99. The minimum atomic E-state index is -1.54. The minimum Gasteiger partial charge on any atom is -0.323 e. The van der Waals surface area contributed by atoms with Crippen LogP contribution >= 0.6 is 0 Å². The van der Waals surface area contributed by atoms with Crippen molar-refractivity contribution in [2.45, 2.75) is 19.3 Å². The normalized spacial score (nSPS) is 21.9. The highest BCUT2D eigenvalue weighted by molar-refractivity contribution is 4.80. The number of piperidine rings is 1. The van der Waals surface area contributed by atoms with E-state index in [9.17, 15) is 8.78 Å². The molecule has 0 aromatic heterocycles. The fourth-order valence-corrected chi connectivity index (χ4v) is 1.75. The van der Waals surface area contributed by atoms with Gasteiger partial charge < -0.3 is 4.48 Å². The summed E-state index contributed by atoms with van der Waals surface area (Å²) >= 11 is 0. The third-order valence-corrected chi connectivity index (χ3v) is 2.58. The quantitative estimate of drug-likeness (QED) is 0.567. The first kappa shape index (κ1) is 9.65. The number of likely N-dealkylation sites (N-methyl/N-ethyl adjacent to an activating group) is 1. The molecule has 0 aliphatic carbocycles. The van der Waals surface area contributed by atoms with Gasteiger partial charge in [-0.15, -0.1) is 0 Å². The number of hydrogen-bond acceptors (Lipinski definition) is 0. The van der Waals surface area contributed by atoms with Crippen molar-refractivity contribution >= 4 is 0 Å². The van der Waals surface area contributed by atoms with Crippen molar-refractivity contribution in [3.63, 3.8) is 0 Å².